The van der Waals surface area contributed by atoms with E-state index in [0.29, 0.717) is 32.0 Å². The number of hydrogen-bond donors (Lipinski definition) is 0. The number of nitrogens with zero attached hydrogens (tertiary/aromatic N) is 3. The minimum Gasteiger partial charge on any atom is -0.486 e. The Morgan fingerprint density at radius 2 is 1.67 bits per heavy atom. The fourth-order valence-corrected chi connectivity index (χ4v) is 4.18. The number of fused-ring (bicyclic) bond motifs is 2. The number of carbonyl (C=O) groups is 1. The van der Waals surface area contributed by atoms with Crippen LogP contribution in [0.3, 0.4) is 0 Å². The van der Waals surface area contributed by atoms with Crippen molar-refractivity contribution < 1.29 is 14.3 Å². The molecule has 33 heavy (non-hydrogen) atoms. The molecule has 0 N–H and O–H groups in total. The molecule has 4 rings (SSSR count). The third-order valence-corrected chi connectivity index (χ3v) is 6.13. The normalized spacial score (nSPS) is 12.8. The fourth-order valence-electron chi connectivity index (χ4n) is 4.18. The monoisotopic (exact) mass is 447 g/mol. The second kappa shape index (κ2) is 11.1. The Bertz CT molecular complexity index is 1080. The van der Waals surface area contributed by atoms with E-state index in [2.05, 4.69) is 23.7 Å². The molecule has 1 aliphatic rings. The zero-order chi connectivity index (χ0) is 23.0. The Balaban J connectivity index is 1.51. The first-order valence-electron chi connectivity index (χ1n) is 11.9. The lowest BCUT2D eigenvalue weighted by Crippen LogP contribution is -2.33. The number of aromatic nitrogens is 1. The van der Waals surface area contributed by atoms with Gasteiger partial charge in [-0.15, -0.1) is 0 Å². The number of carbonyl (C=O) groups excluding carboxylic acids is 1. The summed E-state index contributed by atoms with van der Waals surface area (Å²) in [5, 5.41) is 1.03. The summed E-state index contributed by atoms with van der Waals surface area (Å²) in [5.41, 5.74) is 2.34. The average Bonchev–Trinajstić information content (AvgIpc) is 2.87. The highest BCUT2D eigenvalue weighted by atomic mass is 16.6. The molecule has 1 aromatic heterocycles. The highest BCUT2D eigenvalue weighted by Crippen LogP contribution is 2.31. The zero-order valence-corrected chi connectivity index (χ0v) is 19.6. The quantitative estimate of drug-likeness (QED) is 0.419. The van der Waals surface area contributed by atoms with E-state index in [1.165, 1.54) is 0 Å². The lowest BCUT2D eigenvalue weighted by molar-refractivity contribution is 0.0732. The van der Waals surface area contributed by atoms with Crippen LogP contribution >= 0.6 is 0 Å². The van der Waals surface area contributed by atoms with Gasteiger partial charge in [0.15, 0.2) is 11.5 Å². The van der Waals surface area contributed by atoms with Gasteiger partial charge < -0.3 is 19.3 Å². The lowest BCUT2D eigenvalue weighted by Gasteiger charge is -2.25. The van der Waals surface area contributed by atoms with Crippen LogP contribution < -0.4 is 9.47 Å². The summed E-state index contributed by atoms with van der Waals surface area (Å²) in [7, 11) is 0. The lowest BCUT2D eigenvalue weighted by atomic mass is 10.1. The van der Waals surface area contributed by atoms with Crippen LogP contribution in [-0.4, -0.2) is 60.1 Å². The van der Waals surface area contributed by atoms with Gasteiger partial charge in [-0.3, -0.25) is 4.79 Å². The van der Waals surface area contributed by atoms with Crippen molar-refractivity contribution in [2.45, 2.75) is 33.2 Å². The van der Waals surface area contributed by atoms with Crippen LogP contribution in [0.4, 0.5) is 0 Å². The smallest absolute Gasteiger partial charge is 0.272 e. The maximum atomic E-state index is 13.5. The SMILES string of the molecule is CCN(CC)CCCCN(Cc1ccc2c(c1)OCCO2)C(=O)c1ccc2ccccc2n1. The molecule has 1 amide bonds. The van der Waals surface area contributed by atoms with Crippen LogP contribution in [0.2, 0.25) is 0 Å². The number of amides is 1. The highest BCUT2D eigenvalue weighted by molar-refractivity contribution is 5.94. The van der Waals surface area contributed by atoms with Gasteiger partial charge in [0.05, 0.1) is 5.52 Å². The third-order valence-electron chi connectivity index (χ3n) is 6.13. The molecular weight excluding hydrogens is 414 g/mol. The minimum atomic E-state index is -0.0431. The molecule has 0 spiro atoms. The Morgan fingerprint density at radius 3 is 2.48 bits per heavy atom. The van der Waals surface area contributed by atoms with Crippen LogP contribution in [0.15, 0.2) is 54.6 Å². The minimum absolute atomic E-state index is 0.0431. The van der Waals surface area contributed by atoms with Crippen molar-refractivity contribution >= 4 is 16.8 Å². The number of unbranched alkanes of at least 4 members (excludes halogenated alkanes) is 1. The predicted octanol–water partition coefficient (Wildman–Crippen LogP) is 4.77. The summed E-state index contributed by atoms with van der Waals surface area (Å²) < 4.78 is 11.4. The van der Waals surface area contributed by atoms with Crippen molar-refractivity contribution in [3.8, 4) is 11.5 Å². The number of para-hydroxylation sites is 1. The van der Waals surface area contributed by atoms with Crippen LogP contribution in [0.5, 0.6) is 11.5 Å². The Labute approximate surface area is 196 Å². The standard InChI is InChI=1S/C27H33N3O3/c1-3-29(4-2)15-7-8-16-30(20-21-11-14-25-26(19-21)33-18-17-32-25)27(31)24-13-12-22-9-5-6-10-23(22)28-24/h5-6,9-14,19H,3-4,7-8,15-18,20H2,1-2H3. The molecule has 6 heteroatoms. The molecule has 2 aromatic carbocycles. The van der Waals surface area contributed by atoms with Gasteiger partial charge in [0.2, 0.25) is 0 Å². The van der Waals surface area contributed by atoms with Crippen molar-refractivity contribution in [1.29, 1.82) is 0 Å². The van der Waals surface area contributed by atoms with Crippen LogP contribution in [-0.2, 0) is 6.54 Å². The molecule has 0 atom stereocenters. The van der Waals surface area contributed by atoms with Gasteiger partial charge in [0, 0.05) is 18.5 Å². The van der Waals surface area contributed by atoms with E-state index in [0.717, 1.165) is 60.4 Å². The van der Waals surface area contributed by atoms with Crippen molar-refractivity contribution in [3.05, 3.63) is 65.9 Å². The van der Waals surface area contributed by atoms with Gasteiger partial charge in [-0.1, -0.05) is 44.2 Å². The summed E-state index contributed by atoms with van der Waals surface area (Å²) in [6.07, 6.45) is 2.00. The topological polar surface area (TPSA) is 54.9 Å². The first-order chi connectivity index (χ1) is 16.2. The number of ether oxygens (including phenoxy) is 2. The van der Waals surface area contributed by atoms with Gasteiger partial charge >= 0.3 is 0 Å². The maximum absolute atomic E-state index is 13.5. The molecule has 2 heterocycles. The Morgan fingerprint density at radius 1 is 0.909 bits per heavy atom. The van der Waals surface area contributed by atoms with E-state index < -0.39 is 0 Å². The van der Waals surface area contributed by atoms with E-state index in [-0.39, 0.29) is 5.91 Å². The molecule has 0 bridgehead atoms. The van der Waals surface area contributed by atoms with E-state index >= 15 is 0 Å². The van der Waals surface area contributed by atoms with Crippen molar-refractivity contribution in [3.63, 3.8) is 0 Å². The zero-order valence-electron chi connectivity index (χ0n) is 19.6. The van der Waals surface area contributed by atoms with Crippen LogP contribution in [0.25, 0.3) is 10.9 Å². The summed E-state index contributed by atoms with van der Waals surface area (Å²) >= 11 is 0. The molecule has 174 valence electrons. The highest BCUT2D eigenvalue weighted by Gasteiger charge is 2.19. The maximum Gasteiger partial charge on any atom is 0.272 e. The Hall–Kier alpha value is -3.12. The molecule has 0 radical (unpaired) electrons. The molecule has 1 aliphatic heterocycles. The molecule has 0 unspecified atom stereocenters. The predicted molar refractivity (Wildman–Crippen MR) is 131 cm³/mol. The first-order valence-corrected chi connectivity index (χ1v) is 11.9. The second-order valence-corrected chi connectivity index (χ2v) is 8.33. The molecule has 6 nitrogen and oxygen atoms in total. The van der Waals surface area contributed by atoms with Crippen molar-refractivity contribution in [2.24, 2.45) is 0 Å². The van der Waals surface area contributed by atoms with Crippen LogP contribution in [0.1, 0.15) is 42.7 Å². The summed E-state index contributed by atoms with van der Waals surface area (Å²) in [6.45, 7) is 9.84. The summed E-state index contributed by atoms with van der Waals surface area (Å²) in [6, 6.07) is 17.6. The molecular formula is C27H33N3O3. The summed E-state index contributed by atoms with van der Waals surface area (Å²) in [4.78, 5) is 22.5. The van der Waals surface area contributed by atoms with Crippen LogP contribution in [0, 0.1) is 0 Å². The molecule has 0 saturated carbocycles. The van der Waals surface area contributed by atoms with Gasteiger partial charge in [-0.2, -0.15) is 0 Å². The fraction of sp³-hybridized carbons (Fsp3) is 0.407. The van der Waals surface area contributed by atoms with Gasteiger partial charge in [0.1, 0.15) is 18.9 Å². The van der Waals surface area contributed by atoms with Crippen molar-refractivity contribution in [2.75, 3.05) is 39.4 Å². The molecule has 0 fully saturated rings. The number of rotatable bonds is 10. The first kappa shape index (κ1) is 23.1. The molecule has 3 aromatic rings. The number of benzene rings is 2. The number of hydrogen-bond acceptors (Lipinski definition) is 5. The average molecular weight is 448 g/mol. The Kier molecular flexibility index (Phi) is 7.79. The van der Waals surface area contributed by atoms with Crippen molar-refractivity contribution in [1.82, 2.24) is 14.8 Å². The van der Waals surface area contributed by atoms with E-state index in [1.807, 2.05) is 59.5 Å². The summed E-state index contributed by atoms with van der Waals surface area (Å²) in [5.74, 6) is 1.47. The molecule has 0 saturated heterocycles. The second-order valence-electron chi connectivity index (χ2n) is 8.33. The van der Waals surface area contributed by atoms with Gasteiger partial charge in [-0.25, -0.2) is 4.98 Å². The third kappa shape index (κ3) is 5.82. The number of pyridine rings is 1. The van der Waals surface area contributed by atoms with E-state index in [1.54, 1.807) is 0 Å². The van der Waals surface area contributed by atoms with Gasteiger partial charge in [-0.05, 0) is 62.3 Å². The largest absolute Gasteiger partial charge is 0.486 e. The molecule has 0 aliphatic carbocycles. The van der Waals surface area contributed by atoms with E-state index in [4.69, 9.17) is 9.47 Å². The van der Waals surface area contributed by atoms with E-state index in [9.17, 15) is 4.79 Å². The van der Waals surface area contributed by atoms with Gasteiger partial charge in [0.25, 0.3) is 5.91 Å².